The molecule has 0 saturated heterocycles. The van der Waals surface area contributed by atoms with Crippen molar-refractivity contribution in [3.8, 4) is 0 Å². The molecule has 0 aliphatic rings. The molecule has 1 aromatic rings. The third kappa shape index (κ3) is 5.03. The van der Waals surface area contributed by atoms with Gasteiger partial charge in [0.1, 0.15) is 6.54 Å². The number of thiophene rings is 1. The topological polar surface area (TPSA) is 21.1 Å². The lowest BCUT2D eigenvalue weighted by Gasteiger charge is -2.05. The molecular weight excluding hydrogens is 180 g/mol. The molecule has 0 bridgehead atoms. The normalized spacial score (nSPS) is 11.0. The van der Waals surface area contributed by atoms with Crippen LogP contribution in [0, 0.1) is 0 Å². The zero-order chi connectivity index (χ0) is 9.52. The Labute approximate surface area is 84.6 Å². The summed E-state index contributed by atoms with van der Waals surface area (Å²) in [6, 6.07) is 4.33. The second kappa shape index (κ2) is 6.13. The van der Waals surface area contributed by atoms with E-state index in [1.807, 2.05) is 11.3 Å². The maximum Gasteiger partial charge on any atom is 0.111 e. The van der Waals surface area contributed by atoms with Crippen LogP contribution >= 0.6 is 11.3 Å². The molecule has 0 radical (unpaired) electrons. The number of hydrogen-bond acceptors (Lipinski definition) is 1. The highest BCUT2D eigenvalue weighted by Gasteiger charge is 1.97. The lowest BCUT2D eigenvalue weighted by Crippen LogP contribution is -3.06. The van der Waals surface area contributed by atoms with E-state index in [0.717, 1.165) is 6.54 Å². The molecule has 1 aromatic heterocycles. The van der Waals surface area contributed by atoms with Gasteiger partial charge in [-0.05, 0) is 11.4 Å². The second-order valence-corrected chi connectivity index (χ2v) is 4.70. The van der Waals surface area contributed by atoms with Crippen LogP contribution in [-0.2, 0) is 6.54 Å². The first-order chi connectivity index (χ1) is 6.29. The minimum absolute atomic E-state index is 1.15. The molecule has 1 rings (SSSR count). The highest BCUT2D eigenvalue weighted by atomic mass is 32.1. The van der Waals surface area contributed by atoms with Crippen LogP contribution in [0.4, 0.5) is 0 Å². The largest absolute Gasteiger partial charge is 0.342 e. The van der Waals surface area contributed by atoms with Gasteiger partial charge in [-0.25, -0.2) is 0 Å². The summed E-state index contributed by atoms with van der Waals surface area (Å²) in [5, 5.41) is 4.54. The lowest BCUT2D eigenvalue weighted by atomic mass is 10.4. The number of hydrogen-bond donors (Lipinski definition) is 2. The zero-order valence-electron chi connectivity index (χ0n) is 8.55. The van der Waals surface area contributed by atoms with E-state index < -0.39 is 0 Å². The van der Waals surface area contributed by atoms with Crippen molar-refractivity contribution in [3.05, 3.63) is 22.4 Å². The molecule has 0 spiro atoms. The Hall–Kier alpha value is -0.380. The monoisotopic (exact) mass is 200 g/mol. The summed E-state index contributed by atoms with van der Waals surface area (Å²) in [6.45, 7) is 3.68. The van der Waals surface area contributed by atoms with E-state index in [2.05, 4.69) is 36.9 Å². The van der Waals surface area contributed by atoms with Crippen LogP contribution in [0.25, 0.3) is 0 Å². The molecule has 3 N–H and O–H groups in total. The first-order valence-electron chi connectivity index (χ1n) is 4.92. The standard InChI is InChI=1S/C10H18N2S/c1-12(2)7-4-6-11-9-10-5-3-8-13-10/h3,5,8,11H,4,6-7,9H2,1-2H3/p+2. The van der Waals surface area contributed by atoms with Gasteiger partial charge in [0.05, 0.1) is 32.1 Å². The maximum atomic E-state index is 2.40. The van der Waals surface area contributed by atoms with Gasteiger partial charge in [0.25, 0.3) is 0 Å². The highest BCUT2D eigenvalue weighted by molar-refractivity contribution is 7.09. The van der Waals surface area contributed by atoms with Crippen LogP contribution in [0.3, 0.4) is 0 Å². The predicted molar refractivity (Wildman–Crippen MR) is 57.1 cm³/mol. The van der Waals surface area contributed by atoms with Gasteiger partial charge in [0.15, 0.2) is 0 Å². The molecule has 0 fully saturated rings. The van der Waals surface area contributed by atoms with Crippen molar-refractivity contribution in [2.75, 3.05) is 27.2 Å². The third-order valence-electron chi connectivity index (χ3n) is 2.01. The van der Waals surface area contributed by atoms with E-state index in [4.69, 9.17) is 0 Å². The van der Waals surface area contributed by atoms with E-state index in [9.17, 15) is 0 Å². The Balaban J connectivity index is 1.96. The number of nitrogens with one attached hydrogen (secondary N) is 1. The van der Waals surface area contributed by atoms with Crippen LogP contribution in [0.5, 0.6) is 0 Å². The van der Waals surface area contributed by atoms with Crippen molar-refractivity contribution in [1.29, 1.82) is 0 Å². The summed E-state index contributed by atoms with van der Waals surface area (Å²) in [5.41, 5.74) is 0. The van der Waals surface area contributed by atoms with Crippen molar-refractivity contribution < 1.29 is 10.2 Å². The predicted octanol–water partition coefficient (Wildman–Crippen LogP) is -0.654. The second-order valence-electron chi connectivity index (χ2n) is 3.67. The molecule has 0 aliphatic carbocycles. The van der Waals surface area contributed by atoms with Crippen molar-refractivity contribution in [2.45, 2.75) is 13.0 Å². The number of quaternary nitrogens is 2. The molecule has 74 valence electrons. The number of rotatable bonds is 6. The SMILES string of the molecule is C[NH+](C)CCC[NH2+]Cc1cccs1. The molecular formula is C10H20N2S+2. The average molecular weight is 200 g/mol. The Morgan fingerprint density at radius 1 is 1.46 bits per heavy atom. The van der Waals surface area contributed by atoms with Gasteiger partial charge in [-0.2, -0.15) is 0 Å². The third-order valence-corrected chi connectivity index (χ3v) is 2.91. The molecule has 3 heteroatoms. The molecule has 2 nitrogen and oxygen atoms in total. The molecule has 0 aromatic carbocycles. The van der Waals surface area contributed by atoms with Crippen molar-refractivity contribution in [1.82, 2.24) is 0 Å². The van der Waals surface area contributed by atoms with Crippen molar-refractivity contribution >= 4 is 11.3 Å². The van der Waals surface area contributed by atoms with E-state index in [-0.39, 0.29) is 0 Å². The molecule has 0 saturated carbocycles. The van der Waals surface area contributed by atoms with Gasteiger partial charge < -0.3 is 10.2 Å². The smallest absolute Gasteiger partial charge is 0.111 e. The van der Waals surface area contributed by atoms with E-state index >= 15 is 0 Å². The van der Waals surface area contributed by atoms with Crippen LogP contribution in [0.1, 0.15) is 11.3 Å². The zero-order valence-corrected chi connectivity index (χ0v) is 9.36. The van der Waals surface area contributed by atoms with Gasteiger partial charge in [0, 0.05) is 6.42 Å². The van der Waals surface area contributed by atoms with Crippen LogP contribution in [-0.4, -0.2) is 27.2 Å². The van der Waals surface area contributed by atoms with Gasteiger partial charge in [-0.15, -0.1) is 11.3 Å². The first-order valence-corrected chi connectivity index (χ1v) is 5.80. The Morgan fingerprint density at radius 3 is 2.92 bits per heavy atom. The van der Waals surface area contributed by atoms with Gasteiger partial charge in [-0.3, -0.25) is 0 Å². The van der Waals surface area contributed by atoms with Crippen LogP contribution < -0.4 is 10.2 Å². The van der Waals surface area contributed by atoms with E-state index in [0.29, 0.717) is 0 Å². The summed E-state index contributed by atoms with van der Waals surface area (Å²) in [4.78, 5) is 3.03. The molecule has 0 aliphatic heterocycles. The van der Waals surface area contributed by atoms with Crippen LogP contribution in [0.2, 0.25) is 0 Å². The van der Waals surface area contributed by atoms with Gasteiger partial charge in [0.2, 0.25) is 0 Å². The summed E-state index contributed by atoms with van der Waals surface area (Å²) in [6.07, 6.45) is 1.31. The number of nitrogens with two attached hydrogens (primary N) is 1. The molecule has 0 unspecified atom stereocenters. The quantitative estimate of drug-likeness (QED) is 0.569. The maximum absolute atomic E-state index is 2.40. The Bertz CT molecular complexity index is 207. The van der Waals surface area contributed by atoms with Crippen LogP contribution in [0.15, 0.2) is 17.5 Å². The fraction of sp³-hybridized carbons (Fsp3) is 0.600. The summed E-state index contributed by atoms with van der Waals surface area (Å²) in [7, 11) is 4.42. The fourth-order valence-corrected chi connectivity index (χ4v) is 1.98. The highest BCUT2D eigenvalue weighted by Crippen LogP contribution is 2.05. The minimum Gasteiger partial charge on any atom is -0.342 e. The molecule has 0 atom stereocenters. The fourth-order valence-electron chi connectivity index (χ4n) is 1.27. The first kappa shape index (κ1) is 10.7. The Kier molecular flexibility index (Phi) is 5.05. The van der Waals surface area contributed by atoms with Crippen molar-refractivity contribution in [3.63, 3.8) is 0 Å². The average Bonchev–Trinajstić information content (AvgIpc) is 2.55. The van der Waals surface area contributed by atoms with Gasteiger partial charge in [-0.1, -0.05) is 6.07 Å². The summed E-state index contributed by atoms with van der Waals surface area (Å²) >= 11 is 1.85. The molecule has 0 amide bonds. The Morgan fingerprint density at radius 2 is 2.31 bits per heavy atom. The van der Waals surface area contributed by atoms with Crippen molar-refractivity contribution in [2.24, 2.45) is 0 Å². The summed E-state index contributed by atoms with van der Waals surface area (Å²) < 4.78 is 0. The molecule has 13 heavy (non-hydrogen) atoms. The van der Waals surface area contributed by atoms with Gasteiger partial charge >= 0.3 is 0 Å². The summed E-state index contributed by atoms with van der Waals surface area (Å²) in [5.74, 6) is 0. The minimum atomic E-state index is 1.15. The molecule has 1 heterocycles. The van der Waals surface area contributed by atoms with E-state index in [1.165, 1.54) is 24.4 Å². The van der Waals surface area contributed by atoms with E-state index in [1.54, 1.807) is 4.90 Å². The lowest BCUT2D eigenvalue weighted by molar-refractivity contribution is -0.860.